The van der Waals surface area contributed by atoms with Gasteiger partial charge in [-0.25, -0.2) is 0 Å². The van der Waals surface area contributed by atoms with Gasteiger partial charge in [-0.3, -0.25) is 4.79 Å². The maximum absolute atomic E-state index is 12.6. The first-order valence-corrected chi connectivity index (χ1v) is 9.18. The maximum Gasteiger partial charge on any atom is 0.226 e. The minimum atomic E-state index is -0.279. The van der Waals surface area contributed by atoms with Crippen molar-refractivity contribution in [3.63, 3.8) is 0 Å². The lowest BCUT2D eigenvalue weighted by Gasteiger charge is -2.37. The molecule has 3 nitrogen and oxygen atoms in total. The zero-order valence-electron chi connectivity index (χ0n) is 13.8. The van der Waals surface area contributed by atoms with E-state index in [1.54, 1.807) is 0 Å². The van der Waals surface area contributed by atoms with E-state index in [4.69, 9.17) is 0 Å². The Balaban J connectivity index is 2.60. The zero-order chi connectivity index (χ0) is 15.2. The van der Waals surface area contributed by atoms with Crippen LogP contribution in [-0.4, -0.2) is 36.5 Å². The van der Waals surface area contributed by atoms with Gasteiger partial charge in [0, 0.05) is 16.7 Å². The van der Waals surface area contributed by atoms with Crippen LogP contribution >= 0.6 is 11.8 Å². The molecule has 20 heavy (non-hydrogen) atoms. The molecule has 1 atom stereocenters. The van der Waals surface area contributed by atoms with E-state index in [0.717, 1.165) is 38.9 Å². The van der Waals surface area contributed by atoms with E-state index in [1.165, 1.54) is 6.42 Å². The molecule has 1 amide bonds. The van der Waals surface area contributed by atoms with E-state index in [2.05, 4.69) is 44.6 Å². The highest BCUT2D eigenvalue weighted by molar-refractivity contribution is 8.00. The molecule has 1 rings (SSSR count). The van der Waals surface area contributed by atoms with Crippen molar-refractivity contribution in [2.75, 3.05) is 25.9 Å². The largest absolute Gasteiger partial charge is 0.354 e. The summed E-state index contributed by atoms with van der Waals surface area (Å²) in [5.41, 5.74) is -0.279. The molecule has 118 valence electrons. The number of carbonyl (C=O) groups is 1. The van der Waals surface area contributed by atoms with Crippen molar-refractivity contribution in [1.82, 2.24) is 10.6 Å². The maximum atomic E-state index is 12.6. The highest BCUT2D eigenvalue weighted by atomic mass is 32.2. The van der Waals surface area contributed by atoms with Gasteiger partial charge in [0.15, 0.2) is 0 Å². The van der Waals surface area contributed by atoms with Crippen molar-refractivity contribution in [2.24, 2.45) is 11.3 Å². The van der Waals surface area contributed by atoms with Crippen molar-refractivity contribution in [3.05, 3.63) is 0 Å². The van der Waals surface area contributed by atoms with E-state index >= 15 is 0 Å². The highest BCUT2D eigenvalue weighted by Crippen LogP contribution is 2.33. The predicted octanol–water partition coefficient (Wildman–Crippen LogP) is 3.05. The van der Waals surface area contributed by atoms with Crippen LogP contribution in [0, 0.1) is 11.3 Å². The molecule has 0 saturated carbocycles. The third kappa shape index (κ3) is 4.14. The van der Waals surface area contributed by atoms with Crippen LogP contribution in [0.4, 0.5) is 0 Å². The number of amides is 1. The second-order valence-electron chi connectivity index (χ2n) is 6.54. The van der Waals surface area contributed by atoms with Crippen molar-refractivity contribution >= 4 is 17.7 Å². The molecule has 1 aliphatic rings. The smallest absolute Gasteiger partial charge is 0.226 e. The second kappa shape index (κ2) is 7.69. The first-order valence-electron chi connectivity index (χ1n) is 7.96. The topological polar surface area (TPSA) is 41.1 Å². The Hall–Kier alpha value is -0.220. The van der Waals surface area contributed by atoms with Crippen LogP contribution in [0.15, 0.2) is 0 Å². The SMILES string of the molecule is CCC(CC)(CNC(=O)C(C)(C)C1CCCNC1)SC. The number of thioether (sulfide) groups is 1. The quantitative estimate of drug-likeness (QED) is 0.759. The average molecular weight is 301 g/mol. The number of piperidine rings is 1. The van der Waals surface area contributed by atoms with Gasteiger partial charge in [0.1, 0.15) is 0 Å². The molecule has 2 N–H and O–H groups in total. The molecule has 0 aromatic carbocycles. The molecule has 0 aromatic rings. The highest BCUT2D eigenvalue weighted by Gasteiger charge is 2.38. The minimum Gasteiger partial charge on any atom is -0.354 e. The van der Waals surface area contributed by atoms with Crippen LogP contribution in [0.3, 0.4) is 0 Å². The standard InChI is InChI=1S/C16H32N2OS/c1-6-16(7-2,20-5)12-18-14(19)15(3,4)13-9-8-10-17-11-13/h13,17H,6-12H2,1-5H3,(H,18,19). The van der Waals surface area contributed by atoms with Gasteiger partial charge in [-0.15, -0.1) is 0 Å². The molecule has 1 heterocycles. The lowest BCUT2D eigenvalue weighted by molar-refractivity contribution is -0.132. The lowest BCUT2D eigenvalue weighted by atomic mass is 9.74. The summed E-state index contributed by atoms with van der Waals surface area (Å²) in [4.78, 5) is 12.6. The van der Waals surface area contributed by atoms with Crippen LogP contribution in [0.5, 0.6) is 0 Å². The van der Waals surface area contributed by atoms with E-state index in [1.807, 2.05) is 11.8 Å². The first kappa shape index (κ1) is 17.8. The monoisotopic (exact) mass is 300 g/mol. The fraction of sp³-hybridized carbons (Fsp3) is 0.938. The summed E-state index contributed by atoms with van der Waals surface area (Å²) in [5, 5.41) is 6.64. The summed E-state index contributed by atoms with van der Waals surface area (Å²) in [7, 11) is 0. The van der Waals surface area contributed by atoms with Crippen LogP contribution < -0.4 is 10.6 Å². The van der Waals surface area contributed by atoms with Crippen molar-refractivity contribution in [1.29, 1.82) is 0 Å². The molecule has 0 radical (unpaired) electrons. The van der Waals surface area contributed by atoms with E-state index in [0.29, 0.717) is 5.92 Å². The molecule has 0 bridgehead atoms. The third-order valence-corrected chi connectivity index (χ3v) is 6.78. The Labute approximate surface area is 129 Å². The van der Waals surface area contributed by atoms with Crippen molar-refractivity contribution in [2.45, 2.75) is 58.1 Å². The molecule has 1 aliphatic heterocycles. The number of hydrogen-bond donors (Lipinski definition) is 2. The molecule has 1 unspecified atom stereocenters. The van der Waals surface area contributed by atoms with Crippen molar-refractivity contribution < 1.29 is 4.79 Å². The summed E-state index contributed by atoms with van der Waals surface area (Å²) in [6, 6.07) is 0. The van der Waals surface area contributed by atoms with Gasteiger partial charge < -0.3 is 10.6 Å². The van der Waals surface area contributed by atoms with Gasteiger partial charge in [-0.1, -0.05) is 27.7 Å². The number of rotatable bonds is 7. The Bertz CT molecular complexity index is 299. The molecule has 0 spiro atoms. The molecular weight excluding hydrogens is 268 g/mol. The van der Waals surface area contributed by atoms with E-state index < -0.39 is 0 Å². The van der Waals surface area contributed by atoms with Crippen molar-refractivity contribution in [3.8, 4) is 0 Å². The number of nitrogens with one attached hydrogen (secondary N) is 2. The molecule has 0 aliphatic carbocycles. The fourth-order valence-corrected chi connectivity index (χ4v) is 3.78. The first-order chi connectivity index (χ1) is 9.41. The van der Waals surface area contributed by atoms with Gasteiger partial charge in [0.2, 0.25) is 5.91 Å². The molecule has 1 fully saturated rings. The third-order valence-electron chi connectivity index (χ3n) is 5.20. The number of carbonyl (C=O) groups excluding carboxylic acids is 1. The Morgan fingerprint density at radius 1 is 1.35 bits per heavy atom. The summed E-state index contributed by atoms with van der Waals surface area (Å²) in [6.07, 6.45) is 6.67. The van der Waals surface area contributed by atoms with Gasteiger partial charge in [0.25, 0.3) is 0 Å². The predicted molar refractivity (Wildman–Crippen MR) is 89.2 cm³/mol. The zero-order valence-corrected chi connectivity index (χ0v) is 14.7. The van der Waals surface area contributed by atoms with Crippen LogP contribution in [-0.2, 0) is 4.79 Å². The Morgan fingerprint density at radius 2 is 2.00 bits per heavy atom. The summed E-state index contributed by atoms with van der Waals surface area (Å²) in [5.74, 6) is 0.662. The second-order valence-corrected chi connectivity index (χ2v) is 7.82. The Morgan fingerprint density at radius 3 is 2.45 bits per heavy atom. The van der Waals surface area contributed by atoms with E-state index in [-0.39, 0.29) is 16.1 Å². The van der Waals surface area contributed by atoms with Gasteiger partial charge in [0.05, 0.1) is 0 Å². The van der Waals surface area contributed by atoms with Gasteiger partial charge >= 0.3 is 0 Å². The molecule has 1 saturated heterocycles. The van der Waals surface area contributed by atoms with Crippen LogP contribution in [0.2, 0.25) is 0 Å². The molecule has 0 aromatic heterocycles. The Kier molecular flexibility index (Phi) is 6.86. The summed E-state index contributed by atoms with van der Waals surface area (Å²) in [6.45, 7) is 11.5. The lowest BCUT2D eigenvalue weighted by Crippen LogP contribution is -2.50. The van der Waals surface area contributed by atoms with Gasteiger partial charge in [-0.05, 0) is 50.9 Å². The van der Waals surface area contributed by atoms with Crippen LogP contribution in [0.25, 0.3) is 0 Å². The van der Waals surface area contributed by atoms with Gasteiger partial charge in [-0.2, -0.15) is 11.8 Å². The molecule has 4 heteroatoms. The summed E-state index contributed by atoms with van der Waals surface area (Å²) < 4.78 is 0.191. The van der Waals surface area contributed by atoms with Crippen LogP contribution in [0.1, 0.15) is 53.4 Å². The minimum absolute atomic E-state index is 0.191. The summed E-state index contributed by atoms with van der Waals surface area (Å²) >= 11 is 1.88. The molecular formula is C16H32N2OS. The number of hydrogen-bond acceptors (Lipinski definition) is 3. The fourth-order valence-electron chi connectivity index (χ4n) is 2.98. The normalized spacial score (nSPS) is 20.8. The average Bonchev–Trinajstić information content (AvgIpc) is 2.49. The van der Waals surface area contributed by atoms with E-state index in [9.17, 15) is 4.79 Å².